The van der Waals surface area contributed by atoms with Gasteiger partial charge in [-0.2, -0.15) is 0 Å². The van der Waals surface area contributed by atoms with E-state index in [9.17, 15) is 0 Å². The second kappa shape index (κ2) is 11.0. The predicted octanol–water partition coefficient (Wildman–Crippen LogP) is 6.06. The summed E-state index contributed by atoms with van der Waals surface area (Å²) in [7, 11) is 0. The molecule has 0 aliphatic heterocycles. The van der Waals surface area contributed by atoms with Crippen LogP contribution >= 0.6 is 35.7 Å². The van der Waals surface area contributed by atoms with Gasteiger partial charge in [0.05, 0.1) is 0 Å². The first-order valence-corrected chi connectivity index (χ1v) is 11.2. The van der Waals surface area contributed by atoms with Crippen molar-refractivity contribution in [2.75, 3.05) is 17.6 Å². The summed E-state index contributed by atoms with van der Waals surface area (Å²) in [6.45, 7) is 0.831. The van der Waals surface area contributed by atoms with Gasteiger partial charge >= 0.3 is 0 Å². The summed E-state index contributed by atoms with van der Waals surface area (Å²) < 4.78 is 0. The molecule has 3 aromatic rings. The second-order valence-corrected chi connectivity index (χ2v) is 8.47. The summed E-state index contributed by atoms with van der Waals surface area (Å²) in [6.07, 6.45) is 0. The maximum Gasteiger partial charge on any atom is 0.170 e. The molecule has 0 saturated heterocycles. The lowest BCUT2D eigenvalue weighted by atomic mass is 10.2. The molecule has 0 heterocycles. The third-order valence-electron chi connectivity index (χ3n) is 3.76. The monoisotopic (exact) mass is 410 g/mol. The first kappa shape index (κ1) is 19.8. The molecule has 3 rings (SSSR count). The van der Waals surface area contributed by atoms with E-state index in [2.05, 4.69) is 83.4 Å². The largest absolute Gasteiger partial charge is 0.362 e. The van der Waals surface area contributed by atoms with Crippen LogP contribution in [-0.2, 0) is 5.75 Å². The lowest BCUT2D eigenvalue weighted by molar-refractivity contribution is 0.990. The summed E-state index contributed by atoms with van der Waals surface area (Å²) in [4.78, 5) is 2.57. The molecule has 0 atom stereocenters. The molecule has 3 aromatic carbocycles. The van der Waals surface area contributed by atoms with Crippen LogP contribution < -0.4 is 10.6 Å². The molecule has 0 aliphatic carbocycles. The molecular weight excluding hydrogens is 388 g/mol. The van der Waals surface area contributed by atoms with Crippen LogP contribution in [0.3, 0.4) is 0 Å². The highest BCUT2D eigenvalue weighted by atomic mass is 32.2. The summed E-state index contributed by atoms with van der Waals surface area (Å²) in [5, 5.41) is 7.17. The predicted molar refractivity (Wildman–Crippen MR) is 124 cm³/mol. The second-order valence-electron chi connectivity index (χ2n) is 5.84. The topological polar surface area (TPSA) is 24.1 Å². The Morgan fingerprint density at radius 3 is 1.96 bits per heavy atom. The average Bonchev–Trinajstić information content (AvgIpc) is 2.72. The van der Waals surface area contributed by atoms with Crippen LogP contribution in [0.2, 0.25) is 0 Å². The van der Waals surface area contributed by atoms with Gasteiger partial charge < -0.3 is 10.6 Å². The van der Waals surface area contributed by atoms with Gasteiger partial charge in [-0.1, -0.05) is 48.5 Å². The third kappa shape index (κ3) is 7.29. The molecule has 0 radical (unpaired) electrons. The van der Waals surface area contributed by atoms with Crippen LogP contribution in [0.15, 0.2) is 94.7 Å². The van der Waals surface area contributed by atoms with Gasteiger partial charge in [0.15, 0.2) is 5.11 Å². The SMILES string of the molecule is S=C(NCCSc1ccccc1)Nc1ccc(CSc2ccccc2)cc1. The fraction of sp³-hybridized carbons (Fsp3) is 0.136. The van der Waals surface area contributed by atoms with Crippen molar-refractivity contribution in [1.82, 2.24) is 5.32 Å². The summed E-state index contributed by atoms with van der Waals surface area (Å²) in [6, 6.07) is 29.3. The molecular formula is C22H22N2S3. The van der Waals surface area contributed by atoms with Crippen molar-refractivity contribution in [2.45, 2.75) is 15.5 Å². The average molecular weight is 411 g/mol. The molecule has 0 aliphatic rings. The number of benzene rings is 3. The first-order chi connectivity index (χ1) is 13.3. The van der Waals surface area contributed by atoms with E-state index in [0.717, 1.165) is 23.7 Å². The molecule has 2 N–H and O–H groups in total. The van der Waals surface area contributed by atoms with E-state index in [1.54, 1.807) is 0 Å². The third-order valence-corrected chi connectivity index (χ3v) is 6.10. The number of nitrogens with one attached hydrogen (secondary N) is 2. The Labute approximate surface area is 175 Å². The van der Waals surface area contributed by atoms with E-state index in [1.165, 1.54) is 15.4 Å². The maximum atomic E-state index is 5.38. The Kier molecular flexibility index (Phi) is 8.08. The number of thiocarbonyl (C=S) groups is 1. The van der Waals surface area contributed by atoms with Crippen molar-refractivity contribution in [1.29, 1.82) is 0 Å². The molecule has 5 heteroatoms. The highest BCUT2D eigenvalue weighted by Crippen LogP contribution is 2.23. The molecule has 0 spiro atoms. The van der Waals surface area contributed by atoms with Crippen molar-refractivity contribution in [3.63, 3.8) is 0 Å². The zero-order chi connectivity index (χ0) is 18.7. The molecule has 27 heavy (non-hydrogen) atoms. The van der Waals surface area contributed by atoms with Gasteiger partial charge in [-0.15, -0.1) is 23.5 Å². The van der Waals surface area contributed by atoms with Crippen LogP contribution in [0.25, 0.3) is 0 Å². The standard InChI is InChI=1S/C22H22N2S3/c25-22(23-15-16-26-20-7-3-1-4-8-20)24-19-13-11-18(12-14-19)17-27-21-9-5-2-6-10-21/h1-14H,15-17H2,(H2,23,24,25). The minimum Gasteiger partial charge on any atom is -0.362 e. The van der Waals surface area contributed by atoms with Crippen molar-refractivity contribution in [3.05, 3.63) is 90.5 Å². The Morgan fingerprint density at radius 1 is 0.741 bits per heavy atom. The van der Waals surface area contributed by atoms with E-state index in [1.807, 2.05) is 35.7 Å². The van der Waals surface area contributed by atoms with Crippen molar-refractivity contribution >= 4 is 46.5 Å². The Hall–Kier alpha value is -1.95. The number of rotatable bonds is 8. The molecule has 0 aromatic heterocycles. The van der Waals surface area contributed by atoms with Crippen molar-refractivity contribution in [2.24, 2.45) is 0 Å². The van der Waals surface area contributed by atoms with Gasteiger partial charge in [0.25, 0.3) is 0 Å². The molecule has 2 nitrogen and oxygen atoms in total. The van der Waals surface area contributed by atoms with E-state index >= 15 is 0 Å². The Morgan fingerprint density at radius 2 is 1.33 bits per heavy atom. The molecule has 0 bridgehead atoms. The first-order valence-electron chi connectivity index (χ1n) is 8.79. The van der Waals surface area contributed by atoms with E-state index in [-0.39, 0.29) is 0 Å². The van der Waals surface area contributed by atoms with Crippen LogP contribution in [0.5, 0.6) is 0 Å². The molecule has 0 saturated carbocycles. The van der Waals surface area contributed by atoms with Crippen molar-refractivity contribution in [3.8, 4) is 0 Å². The van der Waals surface area contributed by atoms with E-state index in [0.29, 0.717) is 5.11 Å². The number of hydrogen-bond acceptors (Lipinski definition) is 3. The van der Waals surface area contributed by atoms with Gasteiger partial charge in [-0.3, -0.25) is 0 Å². The zero-order valence-electron chi connectivity index (χ0n) is 14.9. The number of anilines is 1. The Bertz CT molecular complexity index is 821. The summed E-state index contributed by atoms with van der Waals surface area (Å²) >= 11 is 9.04. The minimum atomic E-state index is 0.662. The Balaban J connectivity index is 1.36. The number of hydrogen-bond donors (Lipinski definition) is 2. The van der Waals surface area contributed by atoms with Crippen molar-refractivity contribution < 1.29 is 0 Å². The zero-order valence-corrected chi connectivity index (χ0v) is 17.4. The minimum absolute atomic E-state index is 0.662. The van der Waals surface area contributed by atoms with Crippen LogP contribution in [0.1, 0.15) is 5.56 Å². The van der Waals surface area contributed by atoms with Gasteiger partial charge in [0.2, 0.25) is 0 Å². The normalized spacial score (nSPS) is 10.4. The van der Waals surface area contributed by atoms with Crippen LogP contribution in [-0.4, -0.2) is 17.4 Å². The van der Waals surface area contributed by atoms with Gasteiger partial charge in [-0.05, 0) is 54.2 Å². The fourth-order valence-corrected chi connectivity index (χ4v) is 4.28. The molecule has 0 amide bonds. The molecule has 0 fully saturated rings. The van der Waals surface area contributed by atoms with Crippen LogP contribution in [0, 0.1) is 0 Å². The lowest BCUT2D eigenvalue weighted by Crippen LogP contribution is -2.30. The fourth-order valence-electron chi connectivity index (χ4n) is 2.39. The highest BCUT2D eigenvalue weighted by molar-refractivity contribution is 7.99. The molecule has 138 valence electrons. The van der Waals surface area contributed by atoms with Gasteiger partial charge in [-0.25, -0.2) is 0 Å². The van der Waals surface area contributed by atoms with Gasteiger partial charge in [0.1, 0.15) is 0 Å². The smallest absolute Gasteiger partial charge is 0.170 e. The lowest BCUT2D eigenvalue weighted by Gasteiger charge is -2.11. The number of thioether (sulfide) groups is 2. The summed E-state index contributed by atoms with van der Waals surface area (Å²) in [5.74, 6) is 1.94. The maximum absolute atomic E-state index is 5.38. The van der Waals surface area contributed by atoms with Crippen LogP contribution in [0.4, 0.5) is 5.69 Å². The van der Waals surface area contributed by atoms with Gasteiger partial charge in [0, 0.05) is 33.5 Å². The quantitative estimate of drug-likeness (QED) is 0.267. The molecule has 0 unspecified atom stereocenters. The van der Waals surface area contributed by atoms with E-state index < -0.39 is 0 Å². The highest BCUT2D eigenvalue weighted by Gasteiger charge is 2.00. The summed E-state index contributed by atoms with van der Waals surface area (Å²) in [5.41, 5.74) is 2.31. The van der Waals surface area contributed by atoms with E-state index in [4.69, 9.17) is 12.2 Å².